The van der Waals surface area contributed by atoms with Crippen molar-refractivity contribution in [1.29, 1.82) is 0 Å². The van der Waals surface area contributed by atoms with Crippen molar-refractivity contribution in [3.8, 4) is 28.5 Å². The van der Waals surface area contributed by atoms with Gasteiger partial charge in [0.15, 0.2) is 0 Å². The van der Waals surface area contributed by atoms with Gasteiger partial charge in [-0.15, -0.1) is 0 Å². The molecule has 38 heavy (non-hydrogen) atoms. The molecule has 1 aromatic heterocycles. The first kappa shape index (κ1) is 25.4. The molecule has 1 atom stereocenters. The molecule has 192 valence electrons. The third-order valence-corrected chi connectivity index (χ3v) is 6.34. The van der Waals surface area contributed by atoms with Crippen LogP contribution >= 0.6 is 23.2 Å². The number of rotatable bonds is 6. The summed E-state index contributed by atoms with van der Waals surface area (Å²) < 4.78 is 16.5. The molecule has 2 heterocycles. The number of pyridine rings is 1. The number of nitrogens with one attached hydrogen (secondary N) is 1. The Balaban J connectivity index is 1.27. The average molecular weight is 551 g/mol. The number of nitrogens with zero attached hydrogens (tertiary/aromatic N) is 1. The smallest absolute Gasteiger partial charge is 0.493 e. The molecule has 4 aromatic rings. The molecule has 3 aromatic carbocycles. The zero-order valence-electron chi connectivity index (χ0n) is 19.7. The van der Waals surface area contributed by atoms with Crippen molar-refractivity contribution < 1.29 is 28.9 Å². The van der Waals surface area contributed by atoms with Crippen LogP contribution in [0.3, 0.4) is 0 Å². The highest BCUT2D eigenvalue weighted by Crippen LogP contribution is 2.42. The van der Waals surface area contributed by atoms with Crippen molar-refractivity contribution in [2.45, 2.75) is 12.5 Å². The van der Waals surface area contributed by atoms with Gasteiger partial charge in [-0.1, -0.05) is 35.3 Å². The summed E-state index contributed by atoms with van der Waals surface area (Å²) >= 11 is 12.3. The molecule has 5 rings (SSSR count). The first-order chi connectivity index (χ1) is 18.4. The highest BCUT2D eigenvalue weighted by molar-refractivity contribution is 6.32. The molecule has 1 aliphatic rings. The summed E-state index contributed by atoms with van der Waals surface area (Å²) in [6.45, 7) is 0.300. The molecule has 0 radical (unpaired) electrons. The Hall–Kier alpha value is -4.27. The van der Waals surface area contributed by atoms with Gasteiger partial charge in [0.2, 0.25) is 0 Å². The quantitative estimate of drug-likeness (QED) is 0.238. The normalized spacial score (nSPS) is 14.1. The van der Waals surface area contributed by atoms with Crippen molar-refractivity contribution in [3.63, 3.8) is 0 Å². The van der Waals surface area contributed by atoms with Crippen molar-refractivity contribution in [3.05, 3.63) is 100 Å². The topological polar surface area (TPSA) is 107 Å². The number of halogens is 2. The lowest BCUT2D eigenvalue weighted by Gasteiger charge is -2.25. The van der Waals surface area contributed by atoms with Gasteiger partial charge in [-0.05, 0) is 54.6 Å². The highest BCUT2D eigenvalue weighted by Gasteiger charge is 2.27. The van der Waals surface area contributed by atoms with Gasteiger partial charge in [0, 0.05) is 46.1 Å². The summed E-state index contributed by atoms with van der Waals surface area (Å²) in [5.41, 5.74) is 3.15. The van der Waals surface area contributed by atoms with Gasteiger partial charge in [0.05, 0.1) is 17.3 Å². The fourth-order valence-electron chi connectivity index (χ4n) is 3.97. The SMILES string of the molecule is O=C(O)OC1CCOc2cc(Oc3ccc(C(=O)Nc4ccnc(-c5ccc(Cl)cc5)c4)cc3)c(Cl)cc21. The third-order valence-electron chi connectivity index (χ3n) is 5.79. The van der Waals surface area contributed by atoms with Gasteiger partial charge in [-0.3, -0.25) is 9.78 Å². The first-order valence-electron chi connectivity index (χ1n) is 11.5. The Labute approximate surface area is 227 Å². The second-order valence-corrected chi connectivity index (χ2v) is 9.19. The van der Waals surface area contributed by atoms with Crippen LogP contribution in [0.15, 0.2) is 79.0 Å². The molecule has 8 nitrogen and oxygen atoms in total. The lowest BCUT2D eigenvalue weighted by molar-refractivity contribution is 0.0326. The van der Waals surface area contributed by atoms with E-state index in [0.717, 1.165) is 5.56 Å². The number of hydrogen-bond donors (Lipinski definition) is 2. The van der Waals surface area contributed by atoms with Crippen LogP contribution in [0.25, 0.3) is 11.3 Å². The van der Waals surface area contributed by atoms with E-state index in [4.69, 9.17) is 42.5 Å². The van der Waals surface area contributed by atoms with Crippen LogP contribution in [0, 0.1) is 0 Å². The molecule has 0 aliphatic carbocycles. The second kappa shape index (κ2) is 11.0. The Kier molecular flexibility index (Phi) is 7.35. The molecule has 0 spiro atoms. The summed E-state index contributed by atoms with van der Waals surface area (Å²) in [5.74, 6) is 0.916. The van der Waals surface area contributed by atoms with Gasteiger partial charge in [0.1, 0.15) is 23.4 Å². The summed E-state index contributed by atoms with van der Waals surface area (Å²) in [6, 6.07) is 20.5. The Morgan fingerprint density at radius 3 is 2.50 bits per heavy atom. The molecule has 1 unspecified atom stereocenters. The highest BCUT2D eigenvalue weighted by atomic mass is 35.5. The van der Waals surface area contributed by atoms with Crippen LogP contribution in [-0.4, -0.2) is 28.8 Å². The number of anilines is 1. The van der Waals surface area contributed by atoms with E-state index >= 15 is 0 Å². The van der Waals surface area contributed by atoms with Crippen molar-refractivity contribution >= 4 is 41.0 Å². The number of benzene rings is 3. The number of carbonyl (C=O) groups is 2. The monoisotopic (exact) mass is 550 g/mol. The minimum Gasteiger partial charge on any atom is -0.493 e. The minimum atomic E-state index is -1.37. The lowest BCUT2D eigenvalue weighted by atomic mass is 10.0. The van der Waals surface area contributed by atoms with E-state index in [1.165, 1.54) is 0 Å². The zero-order chi connectivity index (χ0) is 26.6. The van der Waals surface area contributed by atoms with E-state index in [2.05, 4.69) is 10.3 Å². The minimum absolute atomic E-state index is 0.268. The summed E-state index contributed by atoms with van der Waals surface area (Å²) in [4.78, 5) is 28.2. The van der Waals surface area contributed by atoms with E-state index in [9.17, 15) is 9.59 Å². The maximum Gasteiger partial charge on any atom is 0.506 e. The molecule has 0 bridgehead atoms. The van der Waals surface area contributed by atoms with Gasteiger partial charge < -0.3 is 24.6 Å². The number of amides is 1. The van der Waals surface area contributed by atoms with E-state index in [-0.39, 0.29) is 10.9 Å². The first-order valence-corrected chi connectivity index (χ1v) is 12.3. The molecule has 0 fully saturated rings. The van der Waals surface area contributed by atoms with Crippen LogP contribution in [0.2, 0.25) is 10.0 Å². The molecule has 1 amide bonds. The van der Waals surface area contributed by atoms with Crippen LogP contribution in [0.4, 0.5) is 10.5 Å². The van der Waals surface area contributed by atoms with E-state index in [1.54, 1.807) is 66.9 Å². The van der Waals surface area contributed by atoms with Gasteiger partial charge in [-0.2, -0.15) is 0 Å². The average Bonchev–Trinajstić information content (AvgIpc) is 2.90. The van der Waals surface area contributed by atoms with Crippen LogP contribution in [0.5, 0.6) is 17.2 Å². The molecule has 10 heteroatoms. The standard InChI is InChI=1S/C28H20Cl2N2O6/c29-18-5-1-16(2-6-18)23-13-19(9-11-31-23)32-27(33)17-3-7-20(8-4-17)37-26-15-25-21(14-22(26)30)24(10-12-36-25)38-28(34)35/h1-9,11,13-15,24H,10,12H2,(H,34,35)(H,31,32,33). The zero-order valence-corrected chi connectivity index (χ0v) is 21.2. The molecular formula is C28H20Cl2N2O6. The van der Waals surface area contributed by atoms with E-state index in [0.29, 0.717) is 57.8 Å². The van der Waals surface area contributed by atoms with Crippen molar-refractivity contribution in [1.82, 2.24) is 4.98 Å². The predicted molar refractivity (Wildman–Crippen MR) is 143 cm³/mol. The number of hydrogen-bond acceptors (Lipinski definition) is 6. The number of aromatic nitrogens is 1. The Bertz CT molecular complexity index is 1490. The number of ether oxygens (including phenoxy) is 3. The van der Waals surface area contributed by atoms with Gasteiger partial charge in [-0.25, -0.2) is 4.79 Å². The third kappa shape index (κ3) is 5.82. The number of carboxylic acid groups (broad SMARTS) is 1. The molecule has 0 saturated heterocycles. The molecular weight excluding hydrogens is 531 g/mol. The van der Waals surface area contributed by atoms with Gasteiger partial charge >= 0.3 is 6.16 Å². The molecule has 2 N–H and O–H groups in total. The fraction of sp³-hybridized carbons (Fsp3) is 0.107. The van der Waals surface area contributed by atoms with Crippen molar-refractivity contribution in [2.75, 3.05) is 11.9 Å². The Morgan fingerprint density at radius 1 is 1.00 bits per heavy atom. The molecule has 0 saturated carbocycles. The maximum atomic E-state index is 12.8. The van der Waals surface area contributed by atoms with Crippen LogP contribution < -0.4 is 14.8 Å². The predicted octanol–water partition coefficient (Wildman–Crippen LogP) is 7.62. The summed E-state index contributed by atoms with van der Waals surface area (Å²) in [7, 11) is 0. The van der Waals surface area contributed by atoms with Crippen molar-refractivity contribution in [2.24, 2.45) is 0 Å². The maximum absolute atomic E-state index is 12.8. The van der Waals surface area contributed by atoms with E-state index < -0.39 is 12.3 Å². The molecule has 1 aliphatic heterocycles. The second-order valence-electron chi connectivity index (χ2n) is 8.35. The number of carbonyl (C=O) groups excluding carboxylic acids is 1. The Morgan fingerprint density at radius 2 is 1.76 bits per heavy atom. The fourth-order valence-corrected chi connectivity index (χ4v) is 4.31. The number of fused-ring (bicyclic) bond motifs is 1. The van der Waals surface area contributed by atoms with E-state index in [1.807, 2.05) is 12.1 Å². The van der Waals surface area contributed by atoms with Crippen LogP contribution in [0.1, 0.15) is 28.4 Å². The summed E-state index contributed by atoms with van der Waals surface area (Å²) in [6.07, 6.45) is -0.0163. The lowest BCUT2D eigenvalue weighted by Crippen LogP contribution is -2.18. The van der Waals surface area contributed by atoms with Crippen LogP contribution in [-0.2, 0) is 4.74 Å². The summed E-state index contributed by atoms with van der Waals surface area (Å²) in [5, 5.41) is 12.7. The van der Waals surface area contributed by atoms with Gasteiger partial charge in [0.25, 0.3) is 5.91 Å². The largest absolute Gasteiger partial charge is 0.506 e.